The normalized spacial score (nSPS) is 24.9. The number of hydrogen-bond donors (Lipinski definition) is 2. The average molecular weight is 389 g/mol. The van der Waals surface area contributed by atoms with Gasteiger partial charge in [0.15, 0.2) is 5.41 Å². The molecule has 8 nitrogen and oxygen atoms in total. The van der Waals surface area contributed by atoms with E-state index in [1.165, 1.54) is 17.0 Å². The Balaban J connectivity index is 2.20. The molecule has 29 heavy (non-hydrogen) atoms. The lowest BCUT2D eigenvalue weighted by Gasteiger charge is -2.47. The second kappa shape index (κ2) is 7.66. The maximum absolute atomic E-state index is 12.3. The van der Waals surface area contributed by atoms with Crippen LogP contribution >= 0.6 is 0 Å². The molecule has 3 rings (SSSR count). The van der Waals surface area contributed by atoms with E-state index < -0.39 is 29.3 Å². The van der Waals surface area contributed by atoms with E-state index in [0.717, 1.165) is 0 Å². The first-order chi connectivity index (χ1) is 13.9. The lowest BCUT2D eigenvalue weighted by Crippen LogP contribution is -2.53. The minimum Gasteiger partial charge on any atom is -0.508 e. The Morgan fingerprint density at radius 3 is 2.69 bits per heavy atom. The van der Waals surface area contributed by atoms with Gasteiger partial charge in [-0.25, -0.2) is 4.79 Å². The van der Waals surface area contributed by atoms with Crippen molar-refractivity contribution in [2.75, 3.05) is 19.7 Å². The van der Waals surface area contributed by atoms with Gasteiger partial charge in [0.1, 0.15) is 11.7 Å². The minimum atomic E-state index is -1.89. The standard InChI is InChI=1S/C21H19N5O3/c1-2-29-20(28)26-7-6-15-16(9-22)19(25)21(11-23,12-24)18(17(15)10-26)13-4-3-5-14(27)8-13/h3-6,8,16-18,25,27H,2,7,10H2,1H3/t16?,17-,18+/m0/s1. The van der Waals surface area contributed by atoms with Crippen LogP contribution in [0.4, 0.5) is 4.79 Å². The second-order valence-corrected chi connectivity index (χ2v) is 6.99. The molecular formula is C21H19N5O3. The molecule has 1 unspecified atom stereocenters. The zero-order valence-electron chi connectivity index (χ0n) is 15.8. The summed E-state index contributed by atoms with van der Waals surface area (Å²) in [5.41, 5.74) is -1.05. The van der Waals surface area contributed by atoms with Crippen molar-refractivity contribution in [2.45, 2.75) is 12.8 Å². The number of carbonyl (C=O) groups is 1. The molecule has 0 aromatic heterocycles. The predicted molar refractivity (Wildman–Crippen MR) is 102 cm³/mol. The maximum Gasteiger partial charge on any atom is 0.410 e. The van der Waals surface area contributed by atoms with E-state index in [1.807, 2.05) is 18.2 Å². The molecule has 1 aromatic carbocycles. The summed E-state index contributed by atoms with van der Waals surface area (Å²) in [6, 6.07) is 12.2. The van der Waals surface area contributed by atoms with Crippen LogP contribution < -0.4 is 0 Å². The summed E-state index contributed by atoms with van der Waals surface area (Å²) < 4.78 is 5.08. The molecule has 2 N–H and O–H groups in total. The lowest BCUT2D eigenvalue weighted by molar-refractivity contribution is 0.0992. The topological polar surface area (TPSA) is 145 Å². The van der Waals surface area contributed by atoms with Crippen LogP contribution in [-0.4, -0.2) is 41.5 Å². The highest BCUT2D eigenvalue weighted by Crippen LogP contribution is 2.53. The van der Waals surface area contributed by atoms with Crippen molar-refractivity contribution >= 4 is 11.8 Å². The number of nitrogens with zero attached hydrogens (tertiary/aromatic N) is 4. The first kappa shape index (κ1) is 19.9. The van der Waals surface area contributed by atoms with Gasteiger partial charge in [-0.05, 0) is 30.2 Å². The Bertz CT molecular complexity index is 996. The molecule has 1 aliphatic heterocycles. The van der Waals surface area contributed by atoms with Crippen LogP contribution in [0.2, 0.25) is 0 Å². The molecule has 1 amide bonds. The summed E-state index contributed by atoms with van der Waals surface area (Å²) in [5, 5.41) is 48.1. The Hall–Kier alpha value is -3.83. The van der Waals surface area contributed by atoms with Gasteiger partial charge in [-0.2, -0.15) is 15.8 Å². The van der Waals surface area contributed by atoms with Gasteiger partial charge in [-0.3, -0.25) is 0 Å². The number of fused-ring (bicyclic) bond motifs is 1. The maximum atomic E-state index is 12.3. The van der Waals surface area contributed by atoms with Crippen molar-refractivity contribution in [1.29, 1.82) is 21.2 Å². The summed E-state index contributed by atoms with van der Waals surface area (Å²) in [4.78, 5) is 13.7. The van der Waals surface area contributed by atoms with Crippen LogP contribution in [0, 0.1) is 56.7 Å². The molecule has 0 radical (unpaired) electrons. The fourth-order valence-electron chi connectivity index (χ4n) is 4.27. The Morgan fingerprint density at radius 1 is 1.38 bits per heavy atom. The zero-order chi connectivity index (χ0) is 21.2. The molecule has 1 fully saturated rings. The monoisotopic (exact) mass is 389 g/mol. The molecule has 0 saturated heterocycles. The Labute approximate surface area is 168 Å². The summed E-state index contributed by atoms with van der Waals surface area (Å²) in [7, 11) is 0. The molecule has 2 aliphatic rings. The summed E-state index contributed by atoms with van der Waals surface area (Å²) in [6.45, 7) is 2.26. The highest BCUT2D eigenvalue weighted by Gasteiger charge is 2.58. The third kappa shape index (κ3) is 3.07. The number of phenols is 1. The number of ether oxygens (including phenoxy) is 1. The van der Waals surface area contributed by atoms with E-state index in [1.54, 1.807) is 25.1 Å². The van der Waals surface area contributed by atoms with E-state index >= 15 is 0 Å². The van der Waals surface area contributed by atoms with Gasteiger partial charge < -0.3 is 20.2 Å². The van der Waals surface area contributed by atoms with Crippen LogP contribution in [0.15, 0.2) is 35.9 Å². The minimum absolute atomic E-state index is 0.0372. The molecule has 1 heterocycles. The van der Waals surface area contributed by atoms with Gasteiger partial charge in [-0.1, -0.05) is 18.2 Å². The smallest absolute Gasteiger partial charge is 0.410 e. The van der Waals surface area contributed by atoms with Crippen molar-refractivity contribution in [3.63, 3.8) is 0 Å². The quantitative estimate of drug-likeness (QED) is 0.744. The summed E-state index contributed by atoms with van der Waals surface area (Å²) >= 11 is 0. The van der Waals surface area contributed by atoms with Crippen molar-refractivity contribution in [1.82, 2.24) is 4.90 Å². The lowest BCUT2D eigenvalue weighted by atomic mass is 9.54. The molecular weight excluding hydrogens is 370 g/mol. The predicted octanol–water partition coefficient (Wildman–Crippen LogP) is 2.70. The molecule has 8 heteroatoms. The molecule has 1 saturated carbocycles. The molecule has 0 bridgehead atoms. The van der Waals surface area contributed by atoms with Gasteiger partial charge in [0, 0.05) is 24.9 Å². The van der Waals surface area contributed by atoms with Crippen LogP contribution in [-0.2, 0) is 4.74 Å². The van der Waals surface area contributed by atoms with Crippen LogP contribution in [0.3, 0.4) is 0 Å². The summed E-state index contributed by atoms with van der Waals surface area (Å²) in [6.07, 6.45) is 1.19. The molecule has 0 spiro atoms. The SMILES string of the molecule is CCOC(=O)N1CC=C2C(C#N)C(=N)C(C#N)(C#N)[C@H](c3cccc(O)c3)[C@H]2C1. The number of rotatable bonds is 2. The molecule has 3 atom stereocenters. The van der Waals surface area contributed by atoms with E-state index in [4.69, 9.17) is 10.1 Å². The zero-order valence-corrected chi connectivity index (χ0v) is 15.8. The number of hydrogen-bond acceptors (Lipinski definition) is 7. The van der Waals surface area contributed by atoms with Crippen molar-refractivity contribution in [2.24, 2.45) is 17.3 Å². The third-order valence-electron chi connectivity index (χ3n) is 5.55. The highest BCUT2D eigenvalue weighted by molar-refractivity contribution is 6.01. The number of nitrogens with one attached hydrogen (secondary N) is 1. The second-order valence-electron chi connectivity index (χ2n) is 6.99. The number of aromatic hydroxyl groups is 1. The summed E-state index contributed by atoms with van der Waals surface area (Å²) in [5.74, 6) is -2.43. The fourth-order valence-corrected chi connectivity index (χ4v) is 4.27. The first-order valence-corrected chi connectivity index (χ1v) is 9.15. The highest BCUT2D eigenvalue weighted by atomic mass is 16.6. The van der Waals surface area contributed by atoms with Gasteiger partial charge in [0.2, 0.25) is 0 Å². The molecule has 146 valence electrons. The molecule has 1 aliphatic carbocycles. The van der Waals surface area contributed by atoms with E-state index in [9.17, 15) is 25.7 Å². The number of amides is 1. The van der Waals surface area contributed by atoms with Gasteiger partial charge >= 0.3 is 6.09 Å². The Morgan fingerprint density at radius 2 is 2.10 bits per heavy atom. The van der Waals surface area contributed by atoms with Crippen LogP contribution in [0.25, 0.3) is 0 Å². The van der Waals surface area contributed by atoms with Crippen molar-refractivity contribution < 1.29 is 14.6 Å². The van der Waals surface area contributed by atoms with E-state index in [0.29, 0.717) is 11.1 Å². The van der Waals surface area contributed by atoms with Crippen molar-refractivity contribution in [3.05, 3.63) is 41.5 Å². The Kier molecular flexibility index (Phi) is 5.26. The first-order valence-electron chi connectivity index (χ1n) is 9.15. The number of benzene rings is 1. The average Bonchev–Trinajstić information content (AvgIpc) is 2.73. The van der Waals surface area contributed by atoms with E-state index in [2.05, 4.69) is 0 Å². The number of nitriles is 3. The third-order valence-corrected chi connectivity index (χ3v) is 5.55. The van der Waals surface area contributed by atoms with Crippen LogP contribution in [0.5, 0.6) is 5.75 Å². The van der Waals surface area contributed by atoms with Gasteiger partial charge in [-0.15, -0.1) is 0 Å². The largest absolute Gasteiger partial charge is 0.508 e. The van der Waals surface area contributed by atoms with E-state index in [-0.39, 0.29) is 31.2 Å². The number of phenolic OH excluding ortho intramolecular Hbond substituents is 1. The molecule has 1 aromatic rings. The van der Waals surface area contributed by atoms with Crippen molar-refractivity contribution in [3.8, 4) is 24.0 Å². The van der Waals surface area contributed by atoms with Gasteiger partial charge in [0.25, 0.3) is 0 Å². The van der Waals surface area contributed by atoms with Crippen LogP contribution in [0.1, 0.15) is 18.4 Å². The fraction of sp³-hybridized carbons (Fsp3) is 0.381. The number of carbonyl (C=O) groups excluding carboxylic acids is 1. The van der Waals surface area contributed by atoms with Gasteiger partial charge in [0.05, 0.1) is 30.5 Å².